The van der Waals surface area contributed by atoms with Crippen LogP contribution in [-0.4, -0.2) is 29.8 Å². The van der Waals surface area contributed by atoms with Gasteiger partial charge < -0.3 is 14.8 Å². The van der Waals surface area contributed by atoms with Crippen LogP contribution in [-0.2, 0) is 4.79 Å². The molecule has 0 spiro atoms. The van der Waals surface area contributed by atoms with E-state index in [0.717, 1.165) is 5.56 Å². The number of nitrogens with one attached hydrogen (secondary N) is 1. The molecule has 0 saturated carbocycles. The Morgan fingerprint density at radius 2 is 1.74 bits per heavy atom. The summed E-state index contributed by atoms with van der Waals surface area (Å²) in [6.45, 7) is 3.87. The summed E-state index contributed by atoms with van der Waals surface area (Å²) in [5.41, 5.74) is 2.04. The molecule has 0 unspecified atom stereocenters. The molecular formula is C26H24N2O6. The minimum Gasteiger partial charge on any atom is -0.490 e. The third kappa shape index (κ3) is 6.29. The number of anilines is 1. The van der Waals surface area contributed by atoms with Gasteiger partial charge in [-0.15, -0.1) is 0 Å². The number of para-hydroxylation sites is 2. The van der Waals surface area contributed by atoms with Crippen molar-refractivity contribution in [2.24, 2.45) is 0 Å². The number of hydrogen-bond donors (Lipinski definition) is 1. The molecule has 8 nitrogen and oxygen atoms in total. The van der Waals surface area contributed by atoms with Gasteiger partial charge in [0.2, 0.25) is 0 Å². The number of nitro groups is 1. The number of nitro benzene ring substituents is 1. The Hall–Kier alpha value is -4.46. The zero-order valence-corrected chi connectivity index (χ0v) is 18.8. The predicted molar refractivity (Wildman–Crippen MR) is 129 cm³/mol. The zero-order chi connectivity index (χ0) is 24.5. The van der Waals surface area contributed by atoms with E-state index in [0.29, 0.717) is 29.4 Å². The van der Waals surface area contributed by atoms with Crippen molar-refractivity contribution in [3.63, 3.8) is 0 Å². The second kappa shape index (κ2) is 11.4. The van der Waals surface area contributed by atoms with Gasteiger partial charge >= 0.3 is 0 Å². The van der Waals surface area contributed by atoms with Crippen molar-refractivity contribution < 1.29 is 24.0 Å². The Morgan fingerprint density at radius 1 is 1.00 bits per heavy atom. The summed E-state index contributed by atoms with van der Waals surface area (Å²) < 4.78 is 11.3. The second-order valence-corrected chi connectivity index (χ2v) is 7.26. The number of rotatable bonds is 10. The predicted octanol–water partition coefficient (Wildman–Crippen LogP) is 5.22. The summed E-state index contributed by atoms with van der Waals surface area (Å²) in [7, 11) is 0. The van der Waals surface area contributed by atoms with Crippen LogP contribution in [0.3, 0.4) is 0 Å². The van der Waals surface area contributed by atoms with Crippen molar-refractivity contribution >= 4 is 29.1 Å². The standard InChI is InChI=1S/C26H24N2O6/c1-3-33-25-16-19(12-14-23(29)20-9-5-7-11-22(20)28(31)32)13-15-24(25)34-17-26(30)27-21-10-6-4-8-18(21)2/h4-16H,3,17H2,1-2H3,(H,27,30)/b14-12+. The third-order valence-electron chi connectivity index (χ3n) is 4.84. The topological polar surface area (TPSA) is 108 Å². The number of benzene rings is 3. The van der Waals surface area contributed by atoms with Gasteiger partial charge in [0.15, 0.2) is 23.9 Å². The number of nitrogens with zero attached hydrogens (tertiary/aromatic N) is 1. The quantitative estimate of drug-likeness (QED) is 0.192. The first-order chi connectivity index (χ1) is 16.4. The van der Waals surface area contributed by atoms with Gasteiger partial charge in [-0.2, -0.15) is 0 Å². The summed E-state index contributed by atoms with van der Waals surface area (Å²) in [6.07, 6.45) is 2.81. The number of aryl methyl sites for hydroxylation is 1. The molecule has 0 aromatic heterocycles. The first kappa shape index (κ1) is 24.2. The average Bonchev–Trinajstić information content (AvgIpc) is 2.83. The van der Waals surface area contributed by atoms with Crippen molar-refractivity contribution in [1.29, 1.82) is 0 Å². The normalized spacial score (nSPS) is 10.6. The molecule has 174 valence electrons. The fraction of sp³-hybridized carbons (Fsp3) is 0.154. The van der Waals surface area contributed by atoms with E-state index >= 15 is 0 Å². The lowest BCUT2D eigenvalue weighted by atomic mass is 10.1. The lowest BCUT2D eigenvalue weighted by Crippen LogP contribution is -2.20. The lowest BCUT2D eigenvalue weighted by Gasteiger charge is -2.13. The highest BCUT2D eigenvalue weighted by Gasteiger charge is 2.17. The van der Waals surface area contributed by atoms with Crippen molar-refractivity contribution in [1.82, 2.24) is 0 Å². The largest absolute Gasteiger partial charge is 0.490 e. The molecule has 0 fully saturated rings. The van der Waals surface area contributed by atoms with E-state index < -0.39 is 10.7 Å². The highest BCUT2D eigenvalue weighted by atomic mass is 16.6. The van der Waals surface area contributed by atoms with Gasteiger partial charge in [0.1, 0.15) is 0 Å². The van der Waals surface area contributed by atoms with Crippen LogP contribution in [0.25, 0.3) is 6.08 Å². The number of ether oxygens (including phenoxy) is 2. The van der Waals surface area contributed by atoms with Crippen molar-refractivity contribution in [2.75, 3.05) is 18.5 Å². The third-order valence-corrected chi connectivity index (χ3v) is 4.84. The monoisotopic (exact) mass is 460 g/mol. The molecule has 0 bridgehead atoms. The number of ketones is 1. The summed E-state index contributed by atoms with van der Waals surface area (Å²) in [4.78, 5) is 35.3. The fourth-order valence-corrected chi connectivity index (χ4v) is 3.16. The van der Waals surface area contributed by atoms with Crippen LogP contribution < -0.4 is 14.8 Å². The molecule has 3 rings (SSSR count). The number of carbonyl (C=O) groups is 2. The lowest BCUT2D eigenvalue weighted by molar-refractivity contribution is -0.385. The first-order valence-electron chi connectivity index (χ1n) is 10.6. The molecule has 0 atom stereocenters. The van der Waals surface area contributed by atoms with Gasteiger partial charge in [-0.05, 0) is 55.3 Å². The Kier molecular flexibility index (Phi) is 8.12. The molecule has 8 heteroatoms. The van der Waals surface area contributed by atoms with E-state index in [1.54, 1.807) is 24.3 Å². The van der Waals surface area contributed by atoms with E-state index in [4.69, 9.17) is 9.47 Å². The maximum Gasteiger partial charge on any atom is 0.280 e. The molecule has 1 amide bonds. The molecule has 3 aromatic carbocycles. The molecular weight excluding hydrogens is 436 g/mol. The highest BCUT2D eigenvalue weighted by molar-refractivity contribution is 6.09. The second-order valence-electron chi connectivity index (χ2n) is 7.26. The molecule has 0 aliphatic rings. The Morgan fingerprint density at radius 3 is 2.47 bits per heavy atom. The van der Waals surface area contributed by atoms with Gasteiger partial charge in [-0.3, -0.25) is 19.7 Å². The van der Waals surface area contributed by atoms with Gasteiger partial charge in [0.25, 0.3) is 11.6 Å². The van der Waals surface area contributed by atoms with Crippen LogP contribution in [0.2, 0.25) is 0 Å². The van der Waals surface area contributed by atoms with Crippen LogP contribution in [0.1, 0.15) is 28.4 Å². The molecule has 0 aliphatic heterocycles. The van der Waals surface area contributed by atoms with Crippen LogP contribution >= 0.6 is 0 Å². The summed E-state index contributed by atoms with van der Waals surface area (Å²) in [5.74, 6) is -0.00956. The SMILES string of the molecule is CCOc1cc(/C=C/C(=O)c2ccccc2[N+](=O)[O-])ccc1OCC(=O)Nc1ccccc1C. The number of carbonyl (C=O) groups excluding carboxylic acids is 2. The Bertz CT molecular complexity index is 1240. The van der Waals surface area contributed by atoms with Crippen LogP contribution in [0.4, 0.5) is 11.4 Å². The van der Waals surface area contributed by atoms with E-state index in [2.05, 4.69) is 5.32 Å². The van der Waals surface area contributed by atoms with Gasteiger partial charge in [0.05, 0.1) is 17.1 Å². The molecule has 0 radical (unpaired) electrons. The molecule has 0 aliphatic carbocycles. The molecule has 0 saturated heterocycles. The molecule has 0 heterocycles. The van der Waals surface area contributed by atoms with Gasteiger partial charge in [0, 0.05) is 11.8 Å². The Labute approximate surface area is 197 Å². The molecule has 34 heavy (non-hydrogen) atoms. The fourth-order valence-electron chi connectivity index (χ4n) is 3.16. The van der Waals surface area contributed by atoms with Crippen molar-refractivity contribution in [2.45, 2.75) is 13.8 Å². The van der Waals surface area contributed by atoms with E-state index in [-0.39, 0.29) is 23.8 Å². The van der Waals surface area contributed by atoms with Crippen molar-refractivity contribution in [3.05, 3.63) is 99.6 Å². The maximum atomic E-state index is 12.5. The minimum atomic E-state index is -0.588. The van der Waals surface area contributed by atoms with Gasteiger partial charge in [-0.1, -0.05) is 42.5 Å². The summed E-state index contributed by atoms with van der Waals surface area (Å²) in [5, 5.41) is 14.0. The number of hydrogen-bond acceptors (Lipinski definition) is 6. The molecule has 1 N–H and O–H groups in total. The maximum absolute atomic E-state index is 12.5. The van der Waals surface area contributed by atoms with Crippen LogP contribution in [0.15, 0.2) is 72.8 Å². The smallest absolute Gasteiger partial charge is 0.280 e. The molecule has 3 aromatic rings. The Balaban J connectivity index is 1.70. The van der Waals surface area contributed by atoms with Gasteiger partial charge in [-0.25, -0.2) is 0 Å². The average molecular weight is 460 g/mol. The minimum absolute atomic E-state index is 0.00778. The van der Waals surface area contributed by atoms with E-state index in [1.807, 2.05) is 38.1 Å². The van der Waals surface area contributed by atoms with Crippen LogP contribution in [0, 0.1) is 17.0 Å². The zero-order valence-electron chi connectivity index (χ0n) is 18.8. The van der Waals surface area contributed by atoms with E-state index in [1.165, 1.54) is 30.4 Å². The highest BCUT2D eigenvalue weighted by Crippen LogP contribution is 2.29. The number of allylic oxidation sites excluding steroid dienone is 1. The number of amides is 1. The first-order valence-corrected chi connectivity index (χ1v) is 10.6. The van der Waals surface area contributed by atoms with Crippen LogP contribution in [0.5, 0.6) is 11.5 Å². The summed E-state index contributed by atoms with van der Waals surface area (Å²) >= 11 is 0. The van der Waals surface area contributed by atoms with E-state index in [9.17, 15) is 19.7 Å². The van der Waals surface area contributed by atoms with Crippen molar-refractivity contribution in [3.8, 4) is 11.5 Å². The summed E-state index contributed by atoms with van der Waals surface area (Å²) in [6, 6.07) is 18.2.